The number of aromatic amines is 1. The monoisotopic (exact) mass is 502 g/mol. The first-order valence-corrected chi connectivity index (χ1v) is 10.6. The van der Waals surface area contributed by atoms with E-state index in [0.29, 0.717) is 16.3 Å². The van der Waals surface area contributed by atoms with Crippen LogP contribution in [0.15, 0.2) is 41.2 Å². The number of aryl methyl sites for hydroxylation is 1. The first-order valence-electron chi connectivity index (χ1n) is 9.84. The van der Waals surface area contributed by atoms with Crippen LogP contribution in [0.1, 0.15) is 23.5 Å². The molecule has 0 bridgehead atoms. The van der Waals surface area contributed by atoms with Gasteiger partial charge < -0.3 is 16.0 Å². The first-order chi connectivity index (χ1) is 16.1. The molecule has 1 aromatic heterocycles. The number of anilines is 4. The molecular formula is C21H16Cl2N6O5. The first kappa shape index (κ1) is 23.2. The number of aromatic nitrogens is 2. The van der Waals surface area contributed by atoms with Gasteiger partial charge in [-0.05, 0) is 30.7 Å². The van der Waals surface area contributed by atoms with E-state index in [1.54, 1.807) is 19.1 Å². The van der Waals surface area contributed by atoms with Crippen LogP contribution < -0.4 is 21.5 Å². The van der Waals surface area contributed by atoms with Gasteiger partial charge >= 0.3 is 0 Å². The lowest BCUT2D eigenvalue weighted by molar-refractivity contribution is -0.384. The van der Waals surface area contributed by atoms with E-state index in [2.05, 4.69) is 25.9 Å². The molecule has 4 rings (SSSR count). The summed E-state index contributed by atoms with van der Waals surface area (Å²) in [6.07, 6.45) is -0.298. The van der Waals surface area contributed by atoms with Crippen LogP contribution in [0.2, 0.25) is 10.0 Å². The zero-order valence-electron chi connectivity index (χ0n) is 17.4. The molecule has 13 heteroatoms. The number of amides is 2. The highest BCUT2D eigenvalue weighted by Crippen LogP contribution is 2.32. The highest BCUT2D eigenvalue weighted by atomic mass is 35.5. The summed E-state index contributed by atoms with van der Waals surface area (Å²) in [7, 11) is 0. The minimum absolute atomic E-state index is 0.0103. The van der Waals surface area contributed by atoms with Crippen molar-refractivity contribution in [2.45, 2.75) is 19.3 Å². The lowest BCUT2D eigenvalue weighted by Gasteiger charge is -2.24. The molecule has 0 radical (unpaired) electrons. The van der Waals surface area contributed by atoms with Crippen LogP contribution in [0.3, 0.4) is 0 Å². The van der Waals surface area contributed by atoms with Crippen molar-refractivity contribution in [3.63, 3.8) is 0 Å². The maximum atomic E-state index is 13.0. The quantitative estimate of drug-likeness (QED) is 0.301. The number of halogens is 2. The van der Waals surface area contributed by atoms with Crippen LogP contribution in [-0.4, -0.2) is 26.7 Å². The summed E-state index contributed by atoms with van der Waals surface area (Å²) in [5, 5.41) is 19.7. The molecule has 2 amide bonds. The number of nitro benzene ring substituents is 1. The van der Waals surface area contributed by atoms with Gasteiger partial charge in [0, 0.05) is 23.6 Å². The molecule has 0 spiro atoms. The molecule has 4 N–H and O–H groups in total. The van der Waals surface area contributed by atoms with Crippen molar-refractivity contribution >= 4 is 63.8 Å². The minimum atomic E-state index is -1.16. The molecule has 11 nitrogen and oxygen atoms in total. The highest BCUT2D eigenvalue weighted by Gasteiger charge is 2.35. The third-order valence-electron chi connectivity index (χ3n) is 5.14. The molecular weight excluding hydrogens is 487 g/mol. The highest BCUT2D eigenvalue weighted by molar-refractivity contribution is 6.36. The van der Waals surface area contributed by atoms with E-state index in [0.717, 1.165) is 0 Å². The van der Waals surface area contributed by atoms with Crippen molar-refractivity contribution in [2.24, 2.45) is 0 Å². The molecule has 3 aromatic rings. The summed E-state index contributed by atoms with van der Waals surface area (Å²) in [5.41, 5.74) is 0.296. The van der Waals surface area contributed by atoms with Crippen molar-refractivity contribution in [2.75, 3.05) is 16.0 Å². The van der Waals surface area contributed by atoms with E-state index in [1.165, 1.54) is 24.3 Å². The fourth-order valence-corrected chi connectivity index (χ4v) is 3.91. The van der Waals surface area contributed by atoms with E-state index in [9.17, 15) is 24.5 Å². The fourth-order valence-electron chi connectivity index (χ4n) is 3.45. The normalized spacial score (nSPS) is 14.7. The molecule has 0 saturated carbocycles. The third kappa shape index (κ3) is 4.70. The summed E-state index contributed by atoms with van der Waals surface area (Å²) in [5.74, 6) is -2.44. The number of fused-ring (bicyclic) bond motifs is 1. The zero-order valence-corrected chi connectivity index (χ0v) is 19.0. The molecule has 0 aliphatic carbocycles. The minimum Gasteiger partial charge on any atom is -0.325 e. The maximum Gasteiger partial charge on any atom is 0.271 e. The average molecular weight is 503 g/mol. The summed E-state index contributed by atoms with van der Waals surface area (Å²) >= 11 is 12.0. The SMILES string of the molecule is Cc1ccc([N+](=O)[O-])cc1NC(=O)[C@H]1CC(=O)Nc2nc(Nc3ccc(Cl)cc3Cl)[nH]c(=O)c21. The van der Waals surface area contributed by atoms with E-state index in [1.807, 2.05) is 0 Å². The van der Waals surface area contributed by atoms with Crippen molar-refractivity contribution in [1.29, 1.82) is 0 Å². The van der Waals surface area contributed by atoms with Gasteiger partial charge in [-0.2, -0.15) is 4.98 Å². The van der Waals surface area contributed by atoms with E-state index in [4.69, 9.17) is 23.2 Å². The zero-order chi connectivity index (χ0) is 24.6. The molecule has 1 atom stereocenters. The Morgan fingerprint density at radius 3 is 2.65 bits per heavy atom. The number of nitrogens with zero attached hydrogens (tertiary/aromatic N) is 2. The van der Waals surface area contributed by atoms with Gasteiger partial charge in [0.25, 0.3) is 11.2 Å². The van der Waals surface area contributed by atoms with E-state index >= 15 is 0 Å². The fraction of sp³-hybridized carbons (Fsp3) is 0.143. The number of H-pyrrole nitrogens is 1. The predicted octanol–water partition coefficient (Wildman–Crippen LogP) is 4.10. The number of carbonyl (C=O) groups is 2. The summed E-state index contributed by atoms with van der Waals surface area (Å²) in [6, 6.07) is 8.68. The predicted molar refractivity (Wildman–Crippen MR) is 127 cm³/mol. The van der Waals surface area contributed by atoms with Crippen molar-refractivity contribution in [3.05, 3.63) is 78.0 Å². The number of nitro groups is 1. The second-order valence-electron chi connectivity index (χ2n) is 7.48. The molecule has 0 fully saturated rings. The molecule has 174 valence electrons. The number of rotatable bonds is 5. The molecule has 0 saturated heterocycles. The van der Waals surface area contributed by atoms with Gasteiger partial charge in [-0.3, -0.25) is 29.5 Å². The lowest BCUT2D eigenvalue weighted by atomic mass is 9.92. The Hall–Kier alpha value is -3.96. The molecule has 0 unspecified atom stereocenters. The topological polar surface area (TPSA) is 159 Å². The van der Waals surface area contributed by atoms with E-state index < -0.39 is 28.2 Å². The molecule has 34 heavy (non-hydrogen) atoms. The Kier molecular flexibility index (Phi) is 6.22. The summed E-state index contributed by atoms with van der Waals surface area (Å²) in [6.45, 7) is 1.66. The second kappa shape index (κ2) is 9.12. The third-order valence-corrected chi connectivity index (χ3v) is 5.69. The lowest BCUT2D eigenvalue weighted by Crippen LogP contribution is -2.36. The standard InChI is InChI=1S/C21H16Cl2N6O5/c1-9-2-4-11(29(33)34)7-15(9)24-19(31)12-8-16(30)26-18-17(12)20(32)28-21(27-18)25-14-5-3-10(22)6-13(14)23/h2-7,12H,8H2,1H3,(H,24,31)(H3,25,26,27,28,30,32)/t12-/m0/s1. The van der Waals surface area contributed by atoms with Gasteiger partial charge in [0.1, 0.15) is 5.82 Å². The van der Waals surface area contributed by atoms with Crippen LogP contribution >= 0.6 is 23.2 Å². The summed E-state index contributed by atoms with van der Waals surface area (Å²) < 4.78 is 0. The maximum absolute atomic E-state index is 13.0. The largest absolute Gasteiger partial charge is 0.325 e. The van der Waals surface area contributed by atoms with Crippen LogP contribution in [-0.2, 0) is 9.59 Å². The average Bonchev–Trinajstić information content (AvgIpc) is 2.76. The molecule has 1 aliphatic heterocycles. The van der Waals surface area contributed by atoms with Crippen LogP contribution in [0, 0.1) is 17.0 Å². The van der Waals surface area contributed by atoms with Gasteiger partial charge in [-0.15, -0.1) is 0 Å². The van der Waals surface area contributed by atoms with Gasteiger partial charge in [-0.25, -0.2) is 0 Å². The number of carbonyl (C=O) groups excluding carboxylic acids is 2. The molecule has 1 aliphatic rings. The Labute approximate surface area is 201 Å². The number of nitrogens with one attached hydrogen (secondary N) is 4. The Bertz CT molecular complexity index is 1410. The van der Waals surface area contributed by atoms with Gasteiger partial charge in [0.2, 0.25) is 17.8 Å². The molecule has 2 heterocycles. The number of non-ortho nitro benzene ring substituents is 1. The van der Waals surface area contributed by atoms with Crippen molar-refractivity contribution < 1.29 is 14.5 Å². The van der Waals surface area contributed by atoms with Crippen molar-refractivity contribution in [1.82, 2.24) is 9.97 Å². The van der Waals surface area contributed by atoms with Gasteiger partial charge in [-0.1, -0.05) is 29.3 Å². The smallest absolute Gasteiger partial charge is 0.271 e. The van der Waals surface area contributed by atoms with Crippen LogP contribution in [0.4, 0.5) is 28.8 Å². The second-order valence-corrected chi connectivity index (χ2v) is 8.32. The van der Waals surface area contributed by atoms with Crippen molar-refractivity contribution in [3.8, 4) is 0 Å². The Morgan fingerprint density at radius 2 is 1.94 bits per heavy atom. The van der Waals surface area contributed by atoms with Crippen LogP contribution in [0.5, 0.6) is 0 Å². The summed E-state index contributed by atoms with van der Waals surface area (Å²) in [4.78, 5) is 55.4. The Balaban J connectivity index is 1.65. The number of hydrogen-bond acceptors (Lipinski definition) is 7. The van der Waals surface area contributed by atoms with Crippen LogP contribution in [0.25, 0.3) is 0 Å². The van der Waals surface area contributed by atoms with Gasteiger partial charge in [0.15, 0.2) is 0 Å². The van der Waals surface area contributed by atoms with Gasteiger partial charge in [0.05, 0.1) is 32.8 Å². The number of hydrogen-bond donors (Lipinski definition) is 4. The Morgan fingerprint density at radius 1 is 1.18 bits per heavy atom. The molecule has 2 aromatic carbocycles. The van der Waals surface area contributed by atoms with E-state index in [-0.39, 0.29) is 40.1 Å². The number of benzene rings is 2.